The van der Waals surface area contributed by atoms with Crippen molar-refractivity contribution in [2.75, 3.05) is 0 Å². The van der Waals surface area contributed by atoms with E-state index in [0.717, 1.165) is 12.8 Å². The van der Waals surface area contributed by atoms with Gasteiger partial charge in [0.2, 0.25) is 0 Å². The summed E-state index contributed by atoms with van der Waals surface area (Å²) in [6.45, 7) is 0. The summed E-state index contributed by atoms with van der Waals surface area (Å²) in [5.74, 6) is -0.0110. The van der Waals surface area contributed by atoms with Gasteiger partial charge in [0.15, 0.2) is 10.7 Å². The Kier molecular flexibility index (Phi) is 2.00. The van der Waals surface area contributed by atoms with Crippen LogP contribution in [0.25, 0.3) is 0 Å². The molecule has 1 aliphatic rings. The molecule has 1 heterocycles. The molecule has 2 rings (SSSR count). The Morgan fingerprint density at radius 3 is 2.75 bits per heavy atom. The first-order chi connectivity index (χ1) is 5.68. The number of nitrogens with zero attached hydrogens (tertiary/aromatic N) is 1. The van der Waals surface area contributed by atoms with Crippen LogP contribution in [0.5, 0.6) is 0 Å². The van der Waals surface area contributed by atoms with Crippen LogP contribution in [0.2, 0.25) is 0 Å². The van der Waals surface area contributed by atoms with Gasteiger partial charge in [-0.25, -0.2) is 4.98 Å². The van der Waals surface area contributed by atoms with E-state index in [9.17, 15) is 4.39 Å². The number of halogens is 2. The molecule has 5 heteroatoms. The lowest BCUT2D eigenvalue weighted by atomic mass is 10.2. The van der Waals surface area contributed by atoms with Crippen LogP contribution >= 0.6 is 28.1 Å². The van der Waals surface area contributed by atoms with E-state index in [2.05, 4.69) is 25.9 Å². The number of rotatable bonds is 1. The molecule has 0 saturated heterocycles. The molecule has 0 bridgehead atoms. The fraction of sp³-hybridized carbons (Fsp3) is 0.429. The standard InChI is InChI=1S/C7H6BrFN2S/c8-5-4(3-1-2-3)6(9)11-7(12)10-5/h3H,1-2H2,(H,10,11,12). The maximum atomic E-state index is 13.2. The van der Waals surface area contributed by atoms with E-state index in [1.807, 2.05) is 0 Å². The summed E-state index contributed by atoms with van der Waals surface area (Å²) in [6.07, 6.45) is 2.09. The van der Waals surface area contributed by atoms with Crippen LogP contribution < -0.4 is 0 Å². The second kappa shape index (κ2) is 2.88. The van der Waals surface area contributed by atoms with Crippen LogP contribution in [0.3, 0.4) is 0 Å². The molecular formula is C7H6BrFN2S. The molecule has 0 aliphatic heterocycles. The van der Waals surface area contributed by atoms with E-state index < -0.39 is 0 Å². The van der Waals surface area contributed by atoms with Gasteiger partial charge >= 0.3 is 0 Å². The Bertz CT molecular complexity index is 346. The van der Waals surface area contributed by atoms with Crippen LogP contribution in [0.1, 0.15) is 24.3 Å². The summed E-state index contributed by atoms with van der Waals surface area (Å²) >= 11 is 7.92. The minimum atomic E-state index is -0.343. The van der Waals surface area contributed by atoms with E-state index in [-0.39, 0.29) is 10.7 Å². The number of hydrogen-bond donors (Lipinski definition) is 1. The molecule has 0 radical (unpaired) electrons. The zero-order chi connectivity index (χ0) is 8.72. The van der Waals surface area contributed by atoms with Crippen molar-refractivity contribution in [1.29, 1.82) is 0 Å². The summed E-state index contributed by atoms with van der Waals surface area (Å²) in [6, 6.07) is 0. The van der Waals surface area contributed by atoms with Gasteiger partial charge < -0.3 is 4.98 Å². The van der Waals surface area contributed by atoms with E-state index in [1.165, 1.54) is 0 Å². The molecule has 1 N–H and O–H groups in total. The van der Waals surface area contributed by atoms with Crippen molar-refractivity contribution >= 4 is 28.1 Å². The quantitative estimate of drug-likeness (QED) is 0.612. The number of nitrogens with one attached hydrogen (secondary N) is 1. The predicted molar refractivity (Wildman–Crippen MR) is 49.1 cm³/mol. The molecule has 0 atom stereocenters. The third kappa shape index (κ3) is 1.43. The van der Waals surface area contributed by atoms with Crippen LogP contribution in [-0.2, 0) is 0 Å². The lowest BCUT2D eigenvalue weighted by molar-refractivity contribution is 0.557. The number of aromatic amines is 1. The highest BCUT2D eigenvalue weighted by atomic mass is 79.9. The van der Waals surface area contributed by atoms with Crippen LogP contribution in [0.4, 0.5) is 4.39 Å². The Morgan fingerprint density at radius 2 is 2.25 bits per heavy atom. The first-order valence-corrected chi connectivity index (χ1v) is 4.84. The summed E-state index contributed by atoms with van der Waals surface area (Å²) in [5, 5.41) is 0. The third-order valence-electron chi connectivity index (χ3n) is 1.86. The number of hydrogen-bond acceptors (Lipinski definition) is 2. The molecule has 0 spiro atoms. The minimum absolute atomic E-state index is 0.184. The largest absolute Gasteiger partial charge is 0.307 e. The van der Waals surface area contributed by atoms with Crippen molar-refractivity contribution in [2.24, 2.45) is 0 Å². The van der Waals surface area contributed by atoms with E-state index in [0.29, 0.717) is 16.1 Å². The Hall–Kier alpha value is -0.290. The first-order valence-electron chi connectivity index (χ1n) is 3.63. The Morgan fingerprint density at radius 1 is 1.58 bits per heavy atom. The zero-order valence-electron chi connectivity index (χ0n) is 6.10. The molecule has 1 fully saturated rings. The maximum Gasteiger partial charge on any atom is 0.200 e. The molecule has 1 aliphatic carbocycles. The topological polar surface area (TPSA) is 28.7 Å². The van der Waals surface area contributed by atoms with Crippen molar-refractivity contribution in [3.8, 4) is 0 Å². The zero-order valence-corrected chi connectivity index (χ0v) is 8.51. The van der Waals surface area contributed by atoms with Crippen molar-refractivity contribution < 1.29 is 4.39 Å². The van der Waals surface area contributed by atoms with Gasteiger partial charge in [-0.1, -0.05) is 0 Å². The molecular weight excluding hydrogens is 243 g/mol. The van der Waals surface area contributed by atoms with Gasteiger partial charge in [0.25, 0.3) is 0 Å². The van der Waals surface area contributed by atoms with Gasteiger partial charge in [-0.2, -0.15) is 4.39 Å². The minimum Gasteiger partial charge on any atom is -0.307 e. The summed E-state index contributed by atoms with van der Waals surface area (Å²) in [5.41, 5.74) is 0.642. The molecule has 1 saturated carbocycles. The smallest absolute Gasteiger partial charge is 0.200 e. The average molecular weight is 249 g/mol. The highest BCUT2D eigenvalue weighted by molar-refractivity contribution is 9.10. The highest BCUT2D eigenvalue weighted by Gasteiger charge is 2.29. The van der Waals surface area contributed by atoms with Gasteiger partial charge in [0.05, 0.1) is 0 Å². The number of H-pyrrole nitrogens is 1. The molecule has 0 aromatic carbocycles. The maximum absolute atomic E-state index is 13.2. The first kappa shape index (κ1) is 8.31. The van der Waals surface area contributed by atoms with Gasteiger partial charge in [-0.05, 0) is 46.9 Å². The molecule has 12 heavy (non-hydrogen) atoms. The van der Waals surface area contributed by atoms with Crippen molar-refractivity contribution in [1.82, 2.24) is 9.97 Å². The molecule has 0 amide bonds. The SMILES string of the molecule is Fc1[nH]c(=S)nc(Br)c1C1CC1. The average Bonchev–Trinajstić information content (AvgIpc) is 2.68. The normalized spacial score (nSPS) is 16.5. The van der Waals surface area contributed by atoms with Crippen LogP contribution in [-0.4, -0.2) is 9.97 Å². The molecule has 1 aromatic heterocycles. The monoisotopic (exact) mass is 248 g/mol. The highest BCUT2D eigenvalue weighted by Crippen LogP contribution is 2.43. The lowest BCUT2D eigenvalue weighted by Gasteiger charge is -2.01. The molecule has 0 unspecified atom stereocenters. The van der Waals surface area contributed by atoms with Gasteiger partial charge in [-0.15, -0.1) is 0 Å². The van der Waals surface area contributed by atoms with Crippen LogP contribution in [0.15, 0.2) is 4.60 Å². The van der Waals surface area contributed by atoms with Gasteiger partial charge in [-0.3, -0.25) is 0 Å². The summed E-state index contributed by atoms with van der Waals surface area (Å²) in [7, 11) is 0. The lowest BCUT2D eigenvalue weighted by Crippen LogP contribution is -1.97. The molecule has 1 aromatic rings. The van der Waals surface area contributed by atoms with Gasteiger partial charge in [0, 0.05) is 5.56 Å². The van der Waals surface area contributed by atoms with Crippen molar-refractivity contribution in [3.05, 3.63) is 20.9 Å². The Balaban J connectivity index is 2.58. The van der Waals surface area contributed by atoms with E-state index in [4.69, 9.17) is 12.2 Å². The van der Waals surface area contributed by atoms with Gasteiger partial charge in [0.1, 0.15) is 4.60 Å². The second-order valence-corrected chi connectivity index (χ2v) is 3.97. The fourth-order valence-electron chi connectivity index (χ4n) is 1.15. The number of aromatic nitrogens is 2. The van der Waals surface area contributed by atoms with Crippen molar-refractivity contribution in [3.63, 3.8) is 0 Å². The van der Waals surface area contributed by atoms with Crippen molar-refractivity contribution in [2.45, 2.75) is 18.8 Å². The third-order valence-corrected chi connectivity index (χ3v) is 2.66. The predicted octanol–water partition coefficient (Wildman–Crippen LogP) is 2.92. The molecule has 2 nitrogen and oxygen atoms in total. The van der Waals surface area contributed by atoms with E-state index in [1.54, 1.807) is 0 Å². The molecule has 64 valence electrons. The van der Waals surface area contributed by atoms with Crippen LogP contribution in [0, 0.1) is 10.7 Å². The summed E-state index contributed by atoms with van der Waals surface area (Å²) in [4.78, 5) is 6.34. The fourth-order valence-corrected chi connectivity index (χ4v) is 2.12. The van der Waals surface area contributed by atoms with E-state index >= 15 is 0 Å². The Labute approximate surface area is 82.4 Å². The second-order valence-electron chi connectivity index (χ2n) is 2.83. The summed E-state index contributed by atoms with van der Waals surface area (Å²) < 4.78 is 13.9.